The quantitative estimate of drug-likeness (QED) is 0.0381. The number of rotatable bonds is 18. The topological polar surface area (TPSA) is 49.3 Å². The average Bonchev–Trinajstić information content (AvgIpc) is 3.21. The van der Waals surface area contributed by atoms with Gasteiger partial charge >= 0.3 is 0 Å². The van der Waals surface area contributed by atoms with Gasteiger partial charge in [0, 0.05) is 22.0 Å². The van der Waals surface area contributed by atoms with Crippen LogP contribution in [0.4, 0.5) is 0 Å². The molecule has 0 aliphatic carbocycles. The molecule has 0 bridgehead atoms. The van der Waals surface area contributed by atoms with Crippen molar-refractivity contribution >= 4 is 22.1 Å². The molecule has 0 saturated heterocycles. The summed E-state index contributed by atoms with van der Waals surface area (Å²) in [4.78, 5) is 6.81. The average molecular weight is 741 g/mol. The smallest absolute Gasteiger partial charge is 0.212 e. The van der Waals surface area contributed by atoms with E-state index in [4.69, 9.17) is 24.2 Å². The van der Waals surface area contributed by atoms with E-state index in [-0.39, 0.29) is 6.10 Å². The Morgan fingerprint density at radius 1 is 0.471 bits per heavy atom. The number of hydrogen-bond acceptors (Lipinski definition) is 5. The summed E-state index contributed by atoms with van der Waals surface area (Å²) in [5, 5.41) is 5.31. The number of benzene rings is 6. The Balaban J connectivity index is 1.38. The van der Waals surface area contributed by atoms with Crippen LogP contribution in [0.2, 0.25) is 0 Å². The number of alkyl halides is 1. The van der Waals surface area contributed by atoms with Gasteiger partial charge < -0.3 is 19.0 Å². The minimum absolute atomic E-state index is 0.345. The molecule has 0 aromatic heterocycles. The van der Waals surface area contributed by atoms with E-state index < -0.39 is 17.8 Å². The van der Waals surface area contributed by atoms with Crippen LogP contribution in [0.15, 0.2) is 187 Å². The molecular weight excluding hydrogens is 698 g/mol. The van der Waals surface area contributed by atoms with Crippen LogP contribution in [0.1, 0.15) is 33.4 Å². The summed E-state index contributed by atoms with van der Waals surface area (Å²) < 4.78 is 20.0. The fourth-order valence-corrected chi connectivity index (χ4v) is 6.58. The van der Waals surface area contributed by atoms with E-state index in [1.807, 2.05) is 121 Å². The van der Waals surface area contributed by atoms with Crippen LogP contribution >= 0.6 is 15.9 Å². The van der Waals surface area contributed by atoms with Crippen molar-refractivity contribution < 1.29 is 19.0 Å². The number of hydrogen-bond donors (Lipinski definition) is 0. The molecule has 0 saturated carbocycles. The fourth-order valence-electron chi connectivity index (χ4n) is 6.02. The highest BCUT2D eigenvalue weighted by atomic mass is 79.9. The molecule has 6 heteroatoms. The molecule has 0 radical (unpaired) electrons. The van der Waals surface area contributed by atoms with E-state index in [1.165, 1.54) is 0 Å². The zero-order chi connectivity index (χ0) is 35.0. The first-order chi connectivity index (χ1) is 25.3. The van der Waals surface area contributed by atoms with E-state index >= 15 is 0 Å². The predicted octanol–water partition coefficient (Wildman–Crippen LogP) is 10.1. The van der Waals surface area contributed by atoms with Crippen molar-refractivity contribution in [3.8, 4) is 0 Å². The first-order valence-electron chi connectivity index (χ1n) is 17.2. The molecule has 6 aromatic carbocycles. The minimum Gasteiger partial charge on any atom is -0.375 e. The maximum absolute atomic E-state index is 6.81. The summed E-state index contributed by atoms with van der Waals surface area (Å²) in [5.74, 6) is 0. The van der Waals surface area contributed by atoms with Crippen molar-refractivity contribution in [2.45, 2.75) is 43.7 Å². The highest BCUT2D eigenvalue weighted by Gasteiger charge is 2.40. The third kappa shape index (κ3) is 9.69. The zero-order valence-corrected chi connectivity index (χ0v) is 30.0. The molecule has 6 rings (SSSR count). The molecule has 0 spiro atoms. The second-order valence-electron chi connectivity index (χ2n) is 12.1. The van der Waals surface area contributed by atoms with E-state index in [0.717, 1.165) is 33.4 Å². The lowest BCUT2D eigenvalue weighted by atomic mass is 9.80. The van der Waals surface area contributed by atoms with Gasteiger partial charge in [0.25, 0.3) is 0 Å². The largest absolute Gasteiger partial charge is 0.375 e. The lowest BCUT2D eigenvalue weighted by molar-refractivity contribution is -0.124. The number of oxime groups is 1. The van der Waals surface area contributed by atoms with Crippen molar-refractivity contribution in [3.63, 3.8) is 0 Å². The van der Waals surface area contributed by atoms with Crippen LogP contribution < -0.4 is 0 Å². The van der Waals surface area contributed by atoms with Gasteiger partial charge in [0.05, 0.1) is 32.1 Å². The Kier molecular flexibility index (Phi) is 13.4. The molecule has 51 heavy (non-hydrogen) atoms. The second kappa shape index (κ2) is 18.9. The van der Waals surface area contributed by atoms with Gasteiger partial charge in [-0.15, -0.1) is 0 Å². The Bertz CT molecular complexity index is 1760. The van der Waals surface area contributed by atoms with Gasteiger partial charge in [0.2, 0.25) is 5.60 Å². The molecule has 5 nitrogen and oxygen atoms in total. The summed E-state index contributed by atoms with van der Waals surface area (Å²) in [6, 6.07) is 60.9. The first-order valence-corrected chi connectivity index (χ1v) is 18.3. The predicted molar refractivity (Wildman–Crippen MR) is 208 cm³/mol. The van der Waals surface area contributed by atoms with Gasteiger partial charge in [0.15, 0.2) is 0 Å². The minimum atomic E-state index is -1.04. The van der Waals surface area contributed by atoms with Gasteiger partial charge in [-0.2, -0.15) is 0 Å². The van der Waals surface area contributed by atoms with Crippen molar-refractivity contribution in [2.75, 3.05) is 5.33 Å². The van der Waals surface area contributed by atoms with Crippen molar-refractivity contribution in [1.29, 1.82) is 0 Å². The second-order valence-corrected chi connectivity index (χ2v) is 12.8. The molecule has 0 fully saturated rings. The van der Waals surface area contributed by atoms with Gasteiger partial charge in [-0.05, 0) is 16.7 Å². The van der Waals surface area contributed by atoms with Crippen LogP contribution in [0, 0.1) is 0 Å². The normalized spacial score (nSPS) is 13.4. The highest BCUT2D eigenvalue weighted by Crippen LogP contribution is 2.40. The van der Waals surface area contributed by atoms with Crippen LogP contribution in [0.3, 0.4) is 0 Å². The number of halogens is 1. The standard InChI is InChI=1S/C45H42BrNO4/c46-31-42(48-33-36-19-7-1-8-20-36)44(50-35-38-23-11-3-12-24-38)43(49-34-37-21-9-2-10-22-37)32-47-51-45(39-25-13-4-14-26-39,40-27-15-5-16-28-40)41-29-17-6-18-30-41/h1-30,32,42-44H,31,33-35H2/b47-32-/t42-,43+,44-/m1/s1. The lowest BCUT2D eigenvalue weighted by Gasteiger charge is -2.34. The summed E-state index contributed by atoms with van der Waals surface area (Å²) in [6.07, 6.45) is 0.142. The zero-order valence-electron chi connectivity index (χ0n) is 28.4. The summed E-state index contributed by atoms with van der Waals surface area (Å²) in [5.41, 5.74) is 4.95. The van der Waals surface area contributed by atoms with Gasteiger partial charge in [0.1, 0.15) is 12.2 Å². The highest BCUT2D eigenvalue weighted by molar-refractivity contribution is 9.09. The Labute approximate surface area is 309 Å². The molecule has 0 aliphatic heterocycles. The van der Waals surface area contributed by atoms with Crippen LogP contribution in [0.25, 0.3) is 0 Å². The molecule has 258 valence electrons. The Morgan fingerprint density at radius 3 is 1.22 bits per heavy atom. The van der Waals surface area contributed by atoms with Crippen LogP contribution in [-0.4, -0.2) is 29.9 Å². The first kappa shape index (κ1) is 36.0. The molecule has 0 aliphatic rings. The van der Waals surface area contributed by atoms with Crippen molar-refractivity contribution in [2.24, 2.45) is 5.16 Å². The van der Waals surface area contributed by atoms with Gasteiger partial charge in [-0.3, -0.25) is 0 Å². The number of ether oxygens (including phenoxy) is 3. The van der Waals surface area contributed by atoms with Crippen molar-refractivity contribution in [1.82, 2.24) is 0 Å². The molecule has 0 unspecified atom stereocenters. The lowest BCUT2D eigenvalue weighted by Crippen LogP contribution is -2.44. The SMILES string of the molecule is BrC[C@@H](OCc1ccccc1)[C@@H](OCc1ccccc1)[C@H](/C=N\OC(c1ccccc1)(c1ccccc1)c1ccccc1)OCc1ccccc1. The van der Waals surface area contributed by atoms with Crippen molar-refractivity contribution in [3.05, 3.63) is 215 Å². The fraction of sp³-hybridized carbons (Fsp3) is 0.178. The third-order valence-electron chi connectivity index (χ3n) is 8.66. The maximum atomic E-state index is 6.81. The summed E-state index contributed by atoms with van der Waals surface area (Å²) in [7, 11) is 0. The van der Waals surface area contributed by atoms with E-state index in [1.54, 1.807) is 6.21 Å². The Morgan fingerprint density at radius 2 is 0.824 bits per heavy atom. The van der Waals surface area contributed by atoms with Gasteiger partial charge in [-0.1, -0.05) is 203 Å². The Hall–Kier alpha value is -4.85. The van der Waals surface area contributed by atoms with Gasteiger partial charge in [-0.25, -0.2) is 0 Å². The van der Waals surface area contributed by atoms with Crippen LogP contribution in [0.5, 0.6) is 0 Å². The third-order valence-corrected chi connectivity index (χ3v) is 9.30. The maximum Gasteiger partial charge on any atom is 0.212 e. The van der Waals surface area contributed by atoms with E-state index in [0.29, 0.717) is 25.2 Å². The molecule has 6 aromatic rings. The molecule has 3 atom stereocenters. The molecule has 0 amide bonds. The molecular formula is C45H42BrNO4. The monoisotopic (exact) mass is 739 g/mol. The summed E-state index contributed by atoms with van der Waals surface area (Å²) in [6.45, 7) is 1.13. The van der Waals surface area contributed by atoms with E-state index in [9.17, 15) is 0 Å². The molecule has 0 heterocycles. The van der Waals surface area contributed by atoms with Crippen LogP contribution in [-0.2, 0) is 44.5 Å². The molecule has 0 N–H and O–H groups in total. The number of nitrogens with zero attached hydrogens (tertiary/aromatic N) is 1. The van der Waals surface area contributed by atoms with E-state index in [2.05, 4.69) is 76.6 Å². The summed E-state index contributed by atoms with van der Waals surface area (Å²) >= 11 is 3.74.